The molecule has 1 amide bonds. The number of hydrogen-bond donors (Lipinski definition) is 1. The number of imidazole rings is 1. The molecule has 27 heavy (non-hydrogen) atoms. The molecule has 0 spiro atoms. The number of rotatable bonds is 3. The van der Waals surface area contributed by atoms with Crippen LogP contribution in [0.4, 0.5) is 5.82 Å². The number of pyridine rings is 1. The summed E-state index contributed by atoms with van der Waals surface area (Å²) in [6.07, 6.45) is 1.99. The average molecular weight is 355 g/mol. The van der Waals surface area contributed by atoms with Gasteiger partial charge in [0.05, 0.1) is 0 Å². The highest BCUT2D eigenvalue weighted by Crippen LogP contribution is 2.29. The second-order valence-electron chi connectivity index (χ2n) is 6.93. The highest BCUT2D eigenvalue weighted by molar-refractivity contribution is 6.05. The highest BCUT2D eigenvalue weighted by Gasteiger charge is 2.17. The maximum atomic E-state index is 12.8. The number of benzene rings is 2. The van der Waals surface area contributed by atoms with Gasteiger partial charge >= 0.3 is 0 Å². The fraction of sp³-hybridized carbons (Fsp3) is 0.130. The fourth-order valence-corrected chi connectivity index (χ4v) is 3.07. The van der Waals surface area contributed by atoms with Crippen LogP contribution < -0.4 is 5.32 Å². The van der Waals surface area contributed by atoms with Crippen LogP contribution in [0.5, 0.6) is 0 Å². The van der Waals surface area contributed by atoms with Crippen molar-refractivity contribution in [1.29, 1.82) is 0 Å². The van der Waals surface area contributed by atoms with Gasteiger partial charge in [-0.1, -0.05) is 53.6 Å². The summed E-state index contributed by atoms with van der Waals surface area (Å²) in [5.74, 6) is 0.537. The van der Waals surface area contributed by atoms with Crippen LogP contribution in [-0.2, 0) is 0 Å². The van der Waals surface area contributed by atoms with E-state index in [1.165, 1.54) is 5.56 Å². The normalized spacial score (nSPS) is 10.9. The Hall–Kier alpha value is -3.40. The minimum Gasteiger partial charge on any atom is -0.306 e. The third-order valence-electron chi connectivity index (χ3n) is 4.64. The first-order chi connectivity index (χ1) is 13.0. The first kappa shape index (κ1) is 17.0. The maximum absolute atomic E-state index is 12.8. The van der Waals surface area contributed by atoms with E-state index in [0.29, 0.717) is 11.4 Å². The molecule has 0 saturated heterocycles. The summed E-state index contributed by atoms with van der Waals surface area (Å²) in [4.78, 5) is 17.6. The third-order valence-corrected chi connectivity index (χ3v) is 4.64. The number of aryl methyl sites for hydroxylation is 3. The van der Waals surface area contributed by atoms with E-state index >= 15 is 0 Å². The maximum Gasteiger partial charge on any atom is 0.256 e. The zero-order valence-corrected chi connectivity index (χ0v) is 15.7. The van der Waals surface area contributed by atoms with Crippen molar-refractivity contribution in [2.75, 3.05) is 5.32 Å². The second-order valence-corrected chi connectivity index (χ2v) is 6.93. The van der Waals surface area contributed by atoms with Gasteiger partial charge in [-0.25, -0.2) is 4.98 Å². The number of hydrogen-bond acceptors (Lipinski definition) is 2. The molecule has 0 aliphatic rings. The van der Waals surface area contributed by atoms with Crippen molar-refractivity contribution < 1.29 is 4.79 Å². The molecule has 0 unspecified atom stereocenters. The Morgan fingerprint density at radius 2 is 1.41 bits per heavy atom. The lowest BCUT2D eigenvalue weighted by Gasteiger charge is -2.09. The van der Waals surface area contributed by atoms with E-state index in [1.807, 2.05) is 73.0 Å². The van der Waals surface area contributed by atoms with E-state index < -0.39 is 0 Å². The number of anilines is 1. The molecule has 2 heterocycles. The van der Waals surface area contributed by atoms with Gasteiger partial charge in [-0.2, -0.15) is 0 Å². The smallest absolute Gasteiger partial charge is 0.256 e. The van der Waals surface area contributed by atoms with Crippen molar-refractivity contribution >= 4 is 17.4 Å². The van der Waals surface area contributed by atoms with Gasteiger partial charge in [0.25, 0.3) is 5.91 Å². The molecule has 0 fully saturated rings. The van der Waals surface area contributed by atoms with E-state index in [4.69, 9.17) is 4.98 Å². The molecule has 2 aromatic heterocycles. The zero-order valence-electron chi connectivity index (χ0n) is 15.7. The molecule has 4 aromatic rings. The molecule has 4 heteroatoms. The lowest BCUT2D eigenvalue weighted by Crippen LogP contribution is -2.14. The topological polar surface area (TPSA) is 46.4 Å². The van der Waals surface area contributed by atoms with Crippen molar-refractivity contribution in [3.8, 4) is 11.3 Å². The number of carbonyl (C=O) groups excluding carboxylic acids is 1. The minimum atomic E-state index is -0.147. The Morgan fingerprint density at radius 3 is 2.07 bits per heavy atom. The summed E-state index contributed by atoms with van der Waals surface area (Å²) in [7, 11) is 0. The van der Waals surface area contributed by atoms with Gasteiger partial charge in [0.2, 0.25) is 0 Å². The third kappa shape index (κ3) is 3.34. The lowest BCUT2D eigenvalue weighted by atomic mass is 10.1. The Balaban J connectivity index is 1.82. The van der Waals surface area contributed by atoms with Crippen molar-refractivity contribution in [2.24, 2.45) is 0 Å². The van der Waals surface area contributed by atoms with E-state index in [9.17, 15) is 4.79 Å². The van der Waals surface area contributed by atoms with Gasteiger partial charge in [0.15, 0.2) is 0 Å². The first-order valence-corrected chi connectivity index (χ1v) is 8.95. The van der Waals surface area contributed by atoms with Gasteiger partial charge in [-0.15, -0.1) is 0 Å². The van der Waals surface area contributed by atoms with Gasteiger partial charge in [-0.05, 0) is 44.5 Å². The molecule has 0 atom stereocenters. The summed E-state index contributed by atoms with van der Waals surface area (Å²) < 4.78 is 1.94. The molecule has 4 rings (SSSR count). The Labute approximate surface area is 158 Å². The van der Waals surface area contributed by atoms with Crippen molar-refractivity contribution in [2.45, 2.75) is 20.8 Å². The van der Waals surface area contributed by atoms with Crippen LogP contribution in [0.25, 0.3) is 16.9 Å². The Morgan fingerprint density at radius 1 is 0.815 bits per heavy atom. The standard InChI is InChI=1S/C23H21N3O/c1-15-4-9-18(10-5-15)21-22(26-14-17(3)8-13-20(26)24-21)25-23(27)19-11-6-16(2)7-12-19/h4-14H,1-3H3,(H,25,27). The van der Waals surface area contributed by atoms with Crippen LogP contribution >= 0.6 is 0 Å². The SMILES string of the molecule is Cc1ccc(C(=O)Nc2c(-c3ccc(C)cc3)nc3ccc(C)cn23)cc1. The quantitative estimate of drug-likeness (QED) is 0.550. The van der Waals surface area contributed by atoms with E-state index in [-0.39, 0.29) is 5.91 Å². The number of aromatic nitrogens is 2. The largest absolute Gasteiger partial charge is 0.306 e. The molecular weight excluding hydrogens is 334 g/mol. The average Bonchev–Trinajstić information content (AvgIpc) is 3.00. The Kier molecular flexibility index (Phi) is 4.24. The molecule has 2 aromatic carbocycles. The van der Waals surface area contributed by atoms with E-state index in [0.717, 1.165) is 28.0 Å². The van der Waals surface area contributed by atoms with Gasteiger partial charge in [0, 0.05) is 17.3 Å². The monoisotopic (exact) mass is 355 g/mol. The van der Waals surface area contributed by atoms with Gasteiger partial charge < -0.3 is 5.32 Å². The Bertz CT molecular complexity index is 1120. The van der Waals surface area contributed by atoms with Crippen molar-refractivity contribution in [3.05, 3.63) is 89.1 Å². The van der Waals surface area contributed by atoms with Crippen LogP contribution in [0.1, 0.15) is 27.0 Å². The number of fused-ring (bicyclic) bond motifs is 1. The number of amides is 1. The number of nitrogens with zero attached hydrogens (tertiary/aromatic N) is 2. The van der Waals surface area contributed by atoms with E-state index in [2.05, 4.69) is 24.4 Å². The van der Waals surface area contributed by atoms with Crippen LogP contribution in [-0.4, -0.2) is 15.3 Å². The summed E-state index contributed by atoms with van der Waals surface area (Å²) in [6.45, 7) is 6.08. The molecule has 0 radical (unpaired) electrons. The molecule has 0 aliphatic carbocycles. The number of nitrogens with one attached hydrogen (secondary N) is 1. The predicted octanol–water partition coefficient (Wildman–Crippen LogP) is 5.18. The first-order valence-electron chi connectivity index (χ1n) is 8.95. The predicted molar refractivity (Wildman–Crippen MR) is 109 cm³/mol. The van der Waals surface area contributed by atoms with Crippen LogP contribution in [0.2, 0.25) is 0 Å². The lowest BCUT2D eigenvalue weighted by molar-refractivity contribution is 0.102. The molecule has 1 N–H and O–H groups in total. The van der Waals surface area contributed by atoms with Crippen LogP contribution in [0.15, 0.2) is 66.9 Å². The van der Waals surface area contributed by atoms with Gasteiger partial charge in [-0.3, -0.25) is 9.20 Å². The summed E-state index contributed by atoms with van der Waals surface area (Å²) >= 11 is 0. The molecule has 4 nitrogen and oxygen atoms in total. The number of carbonyl (C=O) groups is 1. The van der Waals surface area contributed by atoms with Crippen LogP contribution in [0, 0.1) is 20.8 Å². The summed E-state index contributed by atoms with van der Waals surface area (Å²) in [5, 5.41) is 3.07. The van der Waals surface area contributed by atoms with Crippen molar-refractivity contribution in [3.63, 3.8) is 0 Å². The summed E-state index contributed by atoms with van der Waals surface area (Å²) in [5.41, 5.74) is 6.57. The molecular formula is C23H21N3O. The minimum absolute atomic E-state index is 0.147. The second kappa shape index (κ2) is 6.72. The molecule has 134 valence electrons. The fourth-order valence-electron chi connectivity index (χ4n) is 3.07. The summed E-state index contributed by atoms with van der Waals surface area (Å²) in [6, 6.07) is 19.7. The molecule has 0 bridgehead atoms. The van der Waals surface area contributed by atoms with Crippen molar-refractivity contribution in [1.82, 2.24) is 9.38 Å². The zero-order chi connectivity index (χ0) is 19.0. The van der Waals surface area contributed by atoms with Gasteiger partial charge in [0.1, 0.15) is 17.2 Å². The molecule has 0 aliphatic heterocycles. The highest BCUT2D eigenvalue weighted by atomic mass is 16.1. The molecule has 0 saturated carbocycles. The van der Waals surface area contributed by atoms with E-state index in [1.54, 1.807) is 0 Å². The van der Waals surface area contributed by atoms with Crippen LogP contribution in [0.3, 0.4) is 0 Å².